The Morgan fingerprint density at radius 1 is 1.21 bits per heavy atom. The fraction of sp³-hybridized carbons (Fsp3) is 0.167. The van der Waals surface area contributed by atoms with Gasteiger partial charge in [-0.2, -0.15) is 4.99 Å². The summed E-state index contributed by atoms with van der Waals surface area (Å²) < 4.78 is 30.4. The van der Waals surface area contributed by atoms with Gasteiger partial charge in [-0.3, -0.25) is 9.59 Å². The lowest BCUT2D eigenvalue weighted by Crippen LogP contribution is -2.22. The number of nitrogens with zero attached hydrogens (tertiary/aromatic N) is 2. The van der Waals surface area contributed by atoms with Crippen molar-refractivity contribution in [3.8, 4) is 0 Å². The van der Waals surface area contributed by atoms with Crippen molar-refractivity contribution in [1.29, 1.82) is 0 Å². The average molecular weight is 439 g/mol. The molecule has 10 heteroatoms. The molecule has 1 amide bonds. The number of methoxy groups -OCH3 is 1. The standard InChI is InChI=1S/C18H15ClN2O5S2/c1-26-16(22)10-21-14-8-7-11(28(2,24)25)9-15(14)27-18(21)20-17(23)12-5-3-4-6-13(12)19/h3-9H,10H2,1-2H3. The SMILES string of the molecule is COC(=O)Cn1c(=NC(=O)c2ccccc2Cl)sc2cc(S(C)(=O)=O)ccc21. The number of sulfone groups is 1. The maximum Gasteiger partial charge on any atom is 0.325 e. The van der Waals surface area contributed by atoms with Gasteiger partial charge in [-0.25, -0.2) is 8.42 Å². The van der Waals surface area contributed by atoms with E-state index in [1.165, 1.54) is 23.8 Å². The summed E-state index contributed by atoms with van der Waals surface area (Å²) in [5.41, 5.74) is 0.788. The molecule has 2 aromatic carbocycles. The Morgan fingerprint density at radius 2 is 1.93 bits per heavy atom. The van der Waals surface area contributed by atoms with Gasteiger partial charge < -0.3 is 9.30 Å². The zero-order valence-electron chi connectivity index (χ0n) is 14.9. The topological polar surface area (TPSA) is 94.8 Å². The molecule has 0 N–H and O–H groups in total. The number of amides is 1. The minimum atomic E-state index is -3.41. The van der Waals surface area contributed by atoms with Gasteiger partial charge in [0.05, 0.1) is 32.8 Å². The number of halogens is 1. The number of carbonyl (C=O) groups excluding carboxylic acids is 2. The monoisotopic (exact) mass is 438 g/mol. The van der Waals surface area contributed by atoms with Crippen molar-refractivity contribution in [2.24, 2.45) is 4.99 Å². The molecule has 0 bridgehead atoms. The van der Waals surface area contributed by atoms with Crippen LogP contribution in [0.5, 0.6) is 0 Å². The van der Waals surface area contributed by atoms with Gasteiger partial charge in [0, 0.05) is 6.26 Å². The quantitative estimate of drug-likeness (QED) is 0.583. The molecule has 0 atom stereocenters. The first-order chi connectivity index (χ1) is 13.2. The fourth-order valence-corrected chi connectivity index (χ4v) is 4.50. The summed E-state index contributed by atoms with van der Waals surface area (Å²) in [5.74, 6) is -1.10. The fourth-order valence-electron chi connectivity index (χ4n) is 2.50. The van der Waals surface area contributed by atoms with Gasteiger partial charge >= 0.3 is 5.97 Å². The molecule has 3 rings (SSSR count). The number of benzene rings is 2. The lowest BCUT2D eigenvalue weighted by atomic mass is 10.2. The largest absolute Gasteiger partial charge is 0.468 e. The Balaban J connectivity index is 2.22. The number of aromatic nitrogens is 1. The minimum Gasteiger partial charge on any atom is -0.468 e. The number of hydrogen-bond donors (Lipinski definition) is 0. The molecule has 28 heavy (non-hydrogen) atoms. The predicted octanol–water partition coefficient (Wildman–Crippen LogP) is 2.67. The summed E-state index contributed by atoms with van der Waals surface area (Å²) in [7, 11) is -2.15. The van der Waals surface area contributed by atoms with Crippen molar-refractivity contribution < 1.29 is 22.7 Å². The summed E-state index contributed by atoms with van der Waals surface area (Å²) in [5, 5.41) is 0.260. The first kappa shape index (κ1) is 20.2. The zero-order chi connectivity index (χ0) is 20.5. The summed E-state index contributed by atoms with van der Waals surface area (Å²) >= 11 is 7.15. The van der Waals surface area contributed by atoms with Crippen molar-refractivity contribution in [3.05, 3.63) is 57.9 Å². The molecule has 0 spiro atoms. The highest BCUT2D eigenvalue weighted by Gasteiger charge is 2.16. The third-order valence-electron chi connectivity index (χ3n) is 3.90. The molecule has 1 aromatic heterocycles. The number of ether oxygens (including phenoxy) is 1. The normalized spacial score (nSPS) is 12.3. The number of esters is 1. The molecule has 0 aliphatic rings. The summed E-state index contributed by atoms with van der Waals surface area (Å²) in [4.78, 5) is 28.9. The molecule has 0 saturated heterocycles. The molecule has 7 nitrogen and oxygen atoms in total. The molecule has 0 aliphatic heterocycles. The second-order valence-corrected chi connectivity index (χ2v) is 9.28. The number of hydrogen-bond acceptors (Lipinski definition) is 6. The predicted molar refractivity (Wildman–Crippen MR) is 106 cm³/mol. The van der Waals surface area contributed by atoms with E-state index < -0.39 is 21.7 Å². The molecular formula is C18H15ClN2O5S2. The number of thiazole rings is 1. The van der Waals surface area contributed by atoms with E-state index in [4.69, 9.17) is 16.3 Å². The average Bonchev–Trinajstić information content (AvgIpc) is 2.97. The van der Waals surface area contributed by atoms with Crippen LogP contribution in [-0.4, -0.2) is 38.2 Å². The smallest absolute Gasteiger partial charge is 0.325 e. The van der Waals surface area contributed by atoms with E-state index in [1.54, 1.807) is 30.3 Å². The summed E-state index contributed by atoms with van der Waals surface area (Å²) in [6, 6.07) is 11.0. The Hall–Kier alpha value is -2.49. The Kier molecular flexibility index (Phi) is 5.69. The minimum absolute atomic E-state index is 0.135. The van der Waals surface area contributed by atoms with Crippen LogP contribution >= 0.6 is 22.9 Å². The first-order valence-corrected chi connectivity index (χ1v) is 11.0. The third-order valence-corrected chi connectivity index (χ3v) is 6.38. The van der Waals surface area contributed by atoms with E-state index in [9.17, 15) is 18.0 Å². The molecule has 1 heterocycles. The van der Waals surface area contributed by atoms with Crippen LogP contribution in [-0.2, 0) is 25.9 Å². The second-order valence-electron chi connectivity index (χ2n) is 5.85. The van der Waals surface area contributed by atoms with E-state index in [1.807, 2.05) is 0 Å². The Bertz CT molecular complexity index is 1260. The number of carbonyl (C=O) groups is 2. The van der Waals surface area contributed by atoms with Gasteiger partial charge in [-0.05, 0) is 30.3 Å². The van der Waals surface area contributed by atoms with E-state index in [0.29, 0.717) is 10.2 Å². The molecular weight excluding hydrogens is 424 g/mol. The lowest BCUT2D eigenvalue weighted by molar-refractivity contribution is -0.141. The van der Waals surface area contributed by atoms with Crippen molar-refractivity contribution >= 4 is 54.9 Å². The second kappa shape index (κ2) is 7.86. The van der Waals surface area contributed by atoms with Crippen LogP contribution in [0.4, 0.5) is 0 Å². The maximum atomic E-state index is 12.6. The maximum absolute atomic E-state index is 12.6. The molecule has 0 radical (unpaired) electrons. The van der Waals surface area contributed by atoms with Crippen LogP contribution in [0.25, 0.3) is 10.2 Å². The van der Waals surface area contributed by atoms with Crippen molar-refractivity contribution in [2.45, 2.75) is 11.4 Å². The Labute approximate surface area is 169 Å². The van der Waals surface area contributed by atoms with Gasteiger partial charge in [-0.15, -0.1) is 0 Å². The van der Waals surface area contributed by atoms with E-state index in [-0.39, 0.29) is 26.8 Å². The van der Waals surface area contributed by atoms with Crippen molar-refractivity contribution in [3.63, 3.8) is 0 Å². The van der Waals surface area contributed by atoms with Gasteiger partial charge in [0.25, 0.3) is 5.91 Å². The number of rotatable bonds is 4. The van der Waals surface area contributed by atoms with Gasteiger partial charge in [0.2, 0.25) is 0 Å². The van der Waals surface area contributed by atoms with Crippen molar-refractivity contribution in [1.82, 2.24) is 4.57 Å². The lowest BCUT2D eigenvalue weighted by Gasteiger charge is -2.04. The van der Waals surface area contributed by atoms with Crippen LogP contribution in [0.15, 0.2) is 52.4 Å². The van der Waals surface area contributed by atoms with Gasteiger partial charge in [0.15, 0.2) is 14.6 Å². The molecule has 146 valence electrons. The molecule has 0 unspecified atom stereocenters. The summed E-state index contributed by atoms with van der Waals surface area (Å²) in [6.45, 7) is -0.177. The third kappa shape index (κ3) is 4.16. The highest BCUT2D eigenvalue weighted by molar-refractivity contribution is 7.90. The molecule has 0 fully saturated rings. The molecule has 3 aromatic rings. The van der Waals surface area contributed by atoms with Gasteiger partial charge in [0.1, 0.15) is 6.54 Å². The van der Waals surface area contributed by atoms with Crippen LogP contribution in [0.2, 0.25) is 5.02 Å². The highest BCUT2D eigenvalue weighted by Crippen LogP contribution is 2.22. The van der Waals surface area contributed by atoms with Crippen LogP contribution in [0.1, 0.15) is 10.4 Å². The van der Waals surface area contributed by atoms with Crippen LogP contribution in [0, 0.1) is 0 Å². The van der Waals surface area contributed by atoms with E-state index in [0.717, 1.165) is 17.6 Å². The van der Waals surface area contributed by atoms with Crippen LogP contribution < -0.4 is 4.80 Å². The van der Waals surface area contributed by atoms with Gasteiger partial charge in [-0.1, -0.05) is 35.1 Å². The highest BCUT2D eigenvalue weighted by atomic mass is 35.5. The van der Waals surface area contributed by atoms with E-state index >= 15 is 0 Å². The Morgan fingerprint density at radius 3 is 2.57 bits per heavy atom. The molecule has 0 saturated carbocycles. The van der Waals surface area contributed by atoms with Crippen molar-refractivity contribution in [2.75, 3.05) is 13.4 Å². The van der Waals surface area contributed by atoms with Crippen LogP contribution in [0.3, 0.4) is 0 Å². The summed E-state index contributed by atoms with van der Waals surface area (Å²) in [6.07, 6.45) is 1.11. The zero-order valence-corrected chi connectivity index (χ0v) is 17.3. The number of fused-ring (bicyclic) bond motifs is 1. The van der Waals surface area contributed by atoms with E-state index in [2.05, 4.69) is 4.99 Å². The first-order valence-electron chi connectivity index (χ1n) is 7.94. The molecule has 0 aliphatic carbocycles.